The number of rotatable bonds is 3. The van der Waals surface area contributed by atoms with E-state index in [4.69, 9.17) is 0 Å². The summed E-state index contributed by atoms with van der Waals surface area (Å²) in [4.78, 5) is 18.5. The van der Waals surface area contributed by atoms with Gasteiger partial charge in [0.2, 0.25) is 0 Å². The number of pyridine rings is 1. The minimum Gasteiger partial charge on any atom is -0.298 e. The van der Waals surface area contributed by atoms with Crippen molar-refractivity contribution in [2.45, 2.75) is 45.2 Å². The SMILES string of the molecule is Cc1cccc(CN(C)C2CCCCC2=O)n1. The van der Waals surface area contributed by atoms with Crippen molar-refractivity contribution in [3.8, 4) is 0 Å². The molecule has 1 aliphatic rings. The monoisotopic (exact) mass is 232 g/mol. The van der Waals surface area contributed by atoms with Gasteiger partial charge in [-0.1, -0.05) is 12.5 Å². The largest absolute Gasteiger partial charge is 0.298 e. The molecule has 1 saturated carbocycles. The number of hydrogen-bond acceptors (Lipinski definition) is 3. The lowest BCUT2D eigenvalue weighted by atomic mass is 9.93. The van der Waals surface area contributed by atoms with Gasteiger partial charge in [-0.15, -0.1) is 0 Å². The number of Topliss-reactive ketones (excluding diaryl/α,β-unsaturated/α-hetero) is 1. The highest BCUT2D eigenvalue weighted by atomic mass is 16.1. The summed E-state index contributed by atoms with van der Waals surface area (Å²) < 4.78 is 0. The van der Waals surface area contributed by atoms with Gasteiger partial charge < -0.3 is 0 Å². The van der Waals surface area contributed by atoms with Crippen LogP contribution >= 0.6 is 0 Å². The molecule has 1 aromatic rings. The van der Waals surface area contributed by atoms with Gasteiger partial charge in [0.25, 0.3) is 0 Å². The average Bonchev–Trinajstić information content (AvgIpc) is 2.29. The maximum absolute atomic E-state index is 11.8. The van der Waals surface area contributed by atoms with Crippen LogP contribution in [0.15, 0.2) is 18.2 Å². The van der Waals surface area contributed by atoms with E-state index >= 15 is 0 Å². The Hall–Kier alpha value is -1.22. The van der Waals surface area contributed by atoms with Crippen molar-refractivity contribution in [2.24, 2.45) is 0 Å². The molecular weight excluding hydrogens is 212 g/mol. The first-order valence-corrected chi connectivity index (χ1v) is 6.32. The molecule has 17 heavy (non-hydrogen) atoms. The molecule has 0 spiro atoms. The first kappa shape index (κ1) is 12.2. The van der Waals surface area contributed by atoms with Gasteiger partial charge in [-0.2, -0.15) is 0 Å². The fraction of sp³-hybridized carbons (Fsp3) is 0.571. The van der Waals surface area contributed by atoms with E-state index in [1.54, 1.807) is 0 Å². The Morgan fingerprint density at radius 3 is 2.94 bits per heavy atom. The Kier molecular flexibility index (Phi) is 3.89. The van der Waals surface area contributed by atoms with Crippen LogP contribution in [0.2, 0.25) is 0 Å². The average molecular weight is 232 g/mol. The van der Waals surface area contributed by atoms with Gasteiger partial charge in [-0.25, -0.2) is 0 Å². The highest BCUT2D eigenvalue weighted by Gasteiger charge is 2.25. The molecule has 1 unspecified atom stereocenters. The third-order valence-electron chi connectivity index (χ3n) is 3.41. The van der Waals surface area contributed by atoms with Crippen LogP contribution in [-0.2, 0) is 11.3 Å². The molecule has 2 rings (SSSR count). The molecule has 0 N–H and O–H groups in total. The van der Waals surface area contributed by atoms with Crippen LogP contribution in [0.1, 0.15) is 37.1 Å². The Morgan fingerprint density at radius 2 is 2.24 bits per heavy atom. The lowest BCUT2D eigenvalue weighted by Crippen LogP contribution is -2.40. The van der Waals surface area contributed by atoms with Gasteiger partial charge in [-0.05, 0) is 38.9 Å². The van der Waals surface area contributed by atoms with Crippen molar-refractivity contribution in [1.29, 1.82) is 0 Å². The van der Waals surface area contributed by atoms with Crippen LogP contribution in [0.5, 0.6) is 0 Å². The van der Waals surface area contributed by atoms with Crippen molar-refractivity contribution in [3.63, 3.8) is 0 Å². The fourth-order valence-corrected chi connectivity index (χ4v) is 2.48. The van der Waals surface area contributed by atoms with Crippen molar-refractivity contribution in [3.05, 3.63) is 29.6 Å². The maximum Gasteiger partial charge on any atom is 0.149 e. The number of hydrogen-bond donors (Lipinski definition) is 0. The lowest BCUT2D eigenvalue weighted by Gasteiger charge is -2.29. The summed E-state index contributed by atoms with van der Waals surface area (Å²) in [5, 5.41) is 0. The molecule has 0 bridgehead atoms. The molecular formula is C14H20N2O. The van der Waals surface area contributed by atoms with E-state index in [0.29, 0.717) is 5.78 Å². The first-order chi connectivity index (χ1) is 8.16. The number of carbonyl (C=O) groups excluding carboxylic acids is 1. The number of ketones is 1. The molecule has 1 atom stereocenters. The van der Waals surface area contributed by atoms with Gasteiger partial charge in [0.1, 0.15) is 5.78 Å². The van der Waals surface area contributed by atoms with Crippen LogP contribution < -0.4 is 0 Å². The van der Waals surface area contributed by atoms with Crippen molar-refractivity contribution >= 4 is 5.78 Å². The van der Waals surface area contributed by atoms with Crippen LogP contribution in [0, 0.1) is 6.92 Å². The minimum atomic E-state index is 0.103. The predicted octanol–water partition coefficient (Wildman–Crippen LogP) is 2.33. The van der Waals surface area contributed by atoms with E-state index in [-0.39, 0.29) is 6.04 Å². The van der Waals surface area contributed by atoms with Gasteiger partial charge in [0.05, 0.1) is 11.7 Å². The molecule has 1 aliphatic carbocycles. The highest BCUT2D eigenvalue weighted by molar-refractivity contribution is 5.84. The topological polar surface area (TPSA) is 33.2 Å². The second-order valence-corrected chi connectivity index (χ2v) is 4.91. The third kappa shape index (κ3) is 3.13. The maximum atomic E-state index is 11.8. The van der Waals surface area contributed by atoms with E-state index in [9.17, 15) is 4.79 Å². The summed E-state index contributed by atoms with van der Waals surface area (Å²) >= 11 is 0. The summed E-state index contributed by atoms with van der Waals surface area (Å²) in [6.45, 7) is 2.76. The normalized spacial score (nSPS) is 20.9. The zero-order chi connectivity index (χ0) is 12.3. The second kappa shape index (κ2) is 5.41. The standard InChI is InChI=1S/C14H20N2O/c1-11-6-5-7-12(15-11)10-16(2)13-8-3-4-9-14(13)17/h5-7,13H,3-4,8-10H2,1-2H3. The van der Waals surface area contributed by atoms with E-state index in [1.807, 2.05) is 32.2 Å². The van der Waals surface area contributed by atoms with Crippen molar-refractivity contribution in [2.75, 3.05) is 7.05 Å². The molecule has 1 fully saturated rings. The zero-order valence-electron chi connectivity index (χ0n) is 10.6. The quantitative estimate of drug-likeness (QED) is 0.802. The molecule has 1 heterocycles. The lowest BCUT2D eigenvalue weighted by molar-refractivity contribution is -0.125. The summed E-state index contributed by atoms with van der Waals surface area (Å²) in [6.07, 6.45) is 3.98. The first-order valence-electron chi connectivity index (χ1n) is 6.32. The number of nitrogens with zero attached hydrogens (tertiary/aromatic N) is 2. The Balaban J connectivity index is 2.00. The molecule has 0 saturated heterocycles. The summed E-state index contributed by atoms with van der Waals surface area (Å²) in [5.41, 5.74) is 2.08. The summed E-state index contributed by atoms with van der Waals surface area (Å²) in [6, 6.07) is 6.14. The number of carbonyl (C=O) groups is 1. The van der Waals surface area contributed by atoms with Crippen LogP contribution in [0.25, 0.3) is 0 Å². The van der Waals surface area contributed by atoms with Gasteiger partial charge in [-0.3, -0.25) is 14.7 Å². The predicted molar refractivity (Wildman–Crippen MR) is 67.7 cm³/mol. The number of aryl methyl sites for hydroxylation is 1. The zero-order valence-corrected chi connectivity index (χ0v) is 10.6. The molecule has 1 aromatic heterocycles. The Morgan fingerprint density at radius 1 is 1.41 bits per heavy atom. The van der Waals surface area contributed by atoms with Gasteiger partial charge >= 0.3 is 0 Å². The minimum absolute atomic E-state index is 0.103. The second-order valence-electron chi connectivity index (χ2n) is 4.91. The van der Waals surface area contributed by atoms with Gasteiger partial charge in [0.15, 0.2) is 0 Å². The molecule has 0 amide bonds. The van der Waals surface area contributed by atoms with Crippen molar-refractivity contribution < 1.29 is 4.79 Å². The summed E-state index contributed by atoms with van der Waals surface area (Å²) in [5.74, 6) is 0.395. The Bertz CT molecular complexity index is 403. The fourth-order valence-electron chi connectivity index (χ4n) is 2.48. The highest BCUT2D eigenvalue weighted by Crippen LogP contribution is 2.19. The Labute approximate surface area is 103 Å². The number of likely N-dealkylation sites (N-methyl/N-ethyl adjacent to an activating group) is 1. The van der Waals surface area contributed by atoms with Crippen LogP contribution in [-0.4, -0.2) is 28.8 Å². The van der Waals surface area contributed by atoms with Crippen LogP contribution in [0.4, 0.5) is 0 Å². The van der Waals surface area contributed by atoms with E-state index in [1.165, 1.54) is 6.42 Å². The molecule has 92 valence electrons. The van der Waals surface area contributed by atoms with Crippen LogP contribution in [0.3, 0.4) is 0 Å². The smallest absolute Gasteiger partial charge is 0.149 e. The molecule has 0 aliphatic heterocycles. The molecule has 0 aromatic carbocycles. The van der Waals surface area contributed by atoms with E-state index < -0.39 is 0 Å². The summed E-state index contributed by atoms with van der Waals surface area (Å²) in [7, 11) is 2.03. The molecule has 3 heteroatoms. The van der Waals surface area contributed by atoms with Crippen molar-refractivity contribution in [1.82, 2.24) is 9.88 Å². The molecule has 3 nitrogen and oxygen atoms in total. The van der Waals surface area contributed by atoms with E-state index in [2.05, 4.69) is 9.88 Å². The molecule has 0 radical (unpaired) electrons. The van der Waals surface area contributed by atoms with Gasteiger partial charge in [0, 0.05) is 18.7 Å². The van der Waals surface area contributed by atoms with E-state index in [0.717, 1.165) is 37.2 Å². The third-order valence-corrected chi connectivity index (χ3v) is 3.41. The number of aromatic nitrogens is 1.